The molecule has 0 fully saturated rings. The molecule has 4 heteroatoms. The van der Waals surface area contributed by atoms with Crippen molar-refractivity contribution in [2.24, 2.45) is 5.73 Å². The predicted octanol–water partition coefficient (Wildman–Crippen LogP) is 0.987. The Morgan fingerprint density at radius 2 is 1.84 bits per heavy atom. The first-order chi connectivity index (χ1) is 9.03. The molecule has 0 aliphatic carbocycles. The van der Waals surface area contributed by atoms with Gasteiger partial charge in [-0.25, -0.2) is 0 Å². The Balaban J connectivity index is 2.30. The van der Waals surface area contributed by atoms with Crippen LogP contribution in [0.2, 0.25) is 5.02 Å². The maximum atomic E-state index is 10.8. The van der Waals surface area contributed by atoms with Gasteiger partial charge < -0.3 is 10.8 Å². The van der Waals surface area contributed by atoms with Gasteiger partial charge in [0.05, 0.1) is 0 Å². The number of halogens is 1. The topological polar surface area (TPSA) is 46.2 Å². The molecule has 2 aromatic rings. The van der Waals surface area contributed by atoms with E-state index >= 15 is 0 Å². The summed E-state index contributed by atoms with van der Waals surface area (Å²) < 4.78 is 0. The van der Waals surface area contributed by atoms with Crippen LogP contribution < -0.4 is 11.2 Å². The third kappa shape index (κ3) is 3.38. The third-order valence-electron chi connectivity index (χ3n) is 3.30. The first-order valence-electron chi connectivity index (χ1n) is 6.27. The number of hydrogen-bond donors (Lipinski definition) is 2. The van der Waals surface area contributed by atoms with Gasteiger partial charge in [0, 0.05) is 18.0 Å². The molecule has 3 N–H and O–H groups in total. The zero-order chi connectivity index (χ0) is 13.9. The van der Waals surface area contributed by atoms with Crippen molar-refractivity contribution < 1.29 is 5.11 Å². The molecule has 0 aliphatic rings. The SMILES string of the molecule is Bc1cccc([C@](O)(CN)Cc2ccc(Cl)cc2)c1. The van der Waals surface area contributed by atoms with Gasteiger partial charge in [-0.2, -0.15) is 0 Å². The normalized spacial score (nSPS) is 14.1. The molecule has 0 saturated carbocycles. The average Bonchev–Trinajstić information content (AvgIpc) is 2.41. The fourth-order valence-electron chi connectivity index (χ4n) is 2.17. The van der Waals surface area contributed by atoms with E-state index in [4.69, 9.17) is 17.3 Å². The molecule has 0 bridgehead atoms. The second-order valence-corrected chi connectivity index (χ2v) is 5.34. The summed E-state index contributed by atoms with van der Waals surface area (Å²) in [5, 5.41) is 11.5. The summed E-state index contributed by atoms with van der Waals surface area (Å²) in [5.41, 5.74) is 7.73. The fourth-order valence-corrected chi connectivity index (χ4v) is 2.29. The molecule has 1 atom stereocenters. The minimum Gasteiger partial charge on any atom is -0.383 e. The molecule has 0 heterocycles. The van der Waals surface area contributed by atoms with Crippen molar-refractivity contribution in [1.82, 2.24) is 0 Å². The molecule has 0 saturated heterocycles. The number of rotatable bonds is 4. The van der Waals surface area contributed by atoms with Gasteiger partial charge in [0.25, 0.3) is 0 Å². The van der Waals surface area contributed by atoms with Crippen LogP contribution in [-0.4, -0.2) is 19.5 Å². The van der Waals surface area contributed by atoms with E-state index in [1.807, 2.05) is 56.4 Å². The van der Waals surface area contributed by atoms with Crippen LogP contribution in [0.3, 0.4) is 0 Å². The molecule has 0 aromatic heterocycles. The van der Waals surface area contributed by atoms with Gasteiger partial charge in [-0.15, -0.1) is 0 Å². The Bertz CT molecular complexity index is 558. The van der Waals surface area contributed by atoms with Crippen molar-refractivity contribution in [2.45, 2.75) is 12.0 Å². The second-order valence-electron chi connectivity index (χ2n) is 4.91. The monoisotopic (exact) mass is 273 g/mol. The van der Waals surface area contributed by atoms with Crippen molar-refractivity contribution in [3.05, 3.63) is 64.7 Å². The smallest absolute Gasteiger partial charge is 0.139 e. The standard InChI is InChI=1S/C15H17BClNO/c16-13-3-1-2-12(8-13)15(19,10-18)9-11-4-6-14(17)7-5-11/h1-8,19H,9-10,16,18H2/t15-/m1/s1. The second kappa shape index (κ2) is 5.78. The summed E-state index contributed by atoms with van der Waals surface area (Å²) in [7, 11) is 2.00. The molecule has 19 heavy (non-hydrogen) atoms. The molecule has 2 nitrogen and oxygen atoms in total. The molecule has 2 rings (SSSR count). The third-order valence-corrected chi connectivity index (χ3v) is 3.55. The maximum Gasteiger partial charge on any atom is 0.139 e. The number of aliphatic hydroxyl groups is 1. The Kier molecular flexibility index (Phi) is 4.30. The largest absolute Gasteiger partial charge is 0.383 e. The van der Waals surface area contributed by atoms with Crippen LogP contribution in [0.25, 0.3) is 0 Å². The average molecular weight is 274 g/mol. The summed E-state index contributed by atoms with van der Waals surface area (Å²) >= 11 is 5.87. The van der Waals surface area contributed by atoms with Gasteiger partial charge in [-0.1, -0.05) is 53.5 Å². The van der Waals surface area contributed by atoms with Crippen LogP contribution in [0.15, 0.2) is 48.5 Å². The lowest BCUT2D eigenvalue weighted by Gasteiger charge is -2.27. The van der Waals surface area contributed by atoms with E-state index in [1.165, 1.54) is 0 Å². The summed E-state index contributed by atoms with van der Waals surface area (Å²) in [4.78, 5) is 0. The summed E-state index contributed by atoms with van der Waals surface area (Å²) in [6, 6.07) is 15.3. The van der Waals surface area contributed by atoms with E-state index in [0.717, 1.165) is 16.6 Å². The van der Waals surface area contributed by atoms with Crippen molar-refractivity contribution in [3.63, 3.8) is 0 Å². The first-order valence-corrected chi connectivity index (χ1v) is 6.65. The van der Waals surface area contributed by atoms with Gasteiger partial charge >= 0.3 is 0 Å². The van der Waals surface area contributed by atoms with E-state index in [-0.39, 0.29) is 6.54 Å². The van der Waals surface area contributed by atoms with Crippen LogP contribution in [0.4, 0.5) is 0 Å². The van der Waals surface area contributed by atoms with Crippen LogP contribution in [0.5, 0.6) is 0 Å². The molecule has 0 aliphatic heterocycles. The zero-order valence-corrected chi connectivity index (χ0v) is 11.7. The lowest BCUT2D eigenvalue weighted by molar-refractivity contribution is 0.0463. The number of nitrogens with two attached hydrogens (primary N) is 1. The van der Waals surface area contributed by atoms with Gasteiger partial charge in [0.15, 0.2) is 0 Å². The lowest BCUT2D eigenvalue weighted by atomic mass is 9.84. The quantitative estimate of drug-likeness (QED) is 0.816. The van der Waals surface area contributed by atoms with E-state index < -0.39 is 5.60 Å². The summed E-state index contributed by atoms with van der Waals surface area (Å²) in [6.07, 6.45) is 0.476. The summed E-state index contributed by atoms with van der Waals surface area (Å²) in [5.74, 6) is 0. The van der Waals surface area contributed by atoms with Gasteiger partial charge in [-0.05, 0) is 23.3 Å². The van der Waals surface area contributed by atoms with Crippen LogP contribution in [0, 0.1) is 0 Å². The van der Waals surface area contributed by atoms with Crippen LogP contribution >= 0.6 is 11.6 Å². The zero-order valence-electron chi connectivity index (χ0n) is 10.9. The van der Waals surface area contributed by atoms with E-state index in [9.17, 15) is 5.11 Å². The van der Waals surface area contributed by atoms with Gasteiger partial charge in [0.2, 0.25) is 0 Å². The highest BCUT2D eigenvalue weighted by Crippen LogP contribution is 2.25. The van der Waals surface area contributed by atoms with E-state index in [2.05, 4.69) is 0 Å². The van der Waals surface area contributed by atoms with Gasteiger partial charge in [-0.3, -0.25) is 0 Å². The Morgan fingerprint density at radius 3 is 2.42 bits per heavy atom. The molecule has 0 unspecified atom stereocenters. The van der Waals surface area contributed by atoms with E-state index in [0.29, 0.717) is 11.4 Å². The number of benzene rings is 2. The maximum absolute atomic E-state index is 10.8. The predicted molar refractivity (Wildman–Crippen MR) is 82.7 cm³/mol. The van der Waals surface area contributed by atoms with Crippen molar-refractivity contribution in [1.29, 1.82) is 0 Å². The highest BCUT2D eigenvalue weighted by molar-refractivity contribution is 6.32. The van der Waals surface area contributed by atoms with E-state index in [1.54, 1.807) is 0 Å². The molecular formula is C15H17BClNO. The first kappa shape index (κ1) is 14.1. The fraction of sp³-hybridized carbons (Fsp3) is 0.200. The van der Waals surface area contributed by atoms with Crippen molar-refractivity contribution in [3.8, 4) is 0 Å². The Hall–Kier alpha value is -1.29. The minimum absolute atomic E-state index is 0.180. The van der Waals surface area contributed by atoms with Gasteiger partial charge in [0.1, 0.15) is 13.4 Å². The molecule has 98 valence electrons. The molecule has 0 amide bonds. The molecule has 0 spiro atoms. The van der Waals surface area contributed by atoms with Crippen LogP contribution in [-0.2, 0) is 12.0 Å². The highest BCUT2D eigenvalue weighted by atomic mass is 35.5. The molecule has 2 aromatic carbocycles. The van der Waals surface area contributed by atoms with Crippen molar-refractivity contribution >= 4 is 24.9 Å². The molecule has 0 radical (unpaired) electrons. The van der Waals surface area contributed by atoms with Crippen LogP contribution in [0.1, 0.15) is 11.1 Å². The minimum atomic E-state index is -1.04. The van der Waals surface area contributed by atoms with Crippen molar-refractivity contribution in [2.75, 3.05) is 6.54 Å². The Labute approximate surface area is 119 Å². The summed E-state index contributed by atoms with van der Waals surface area (Å²) in [6.45, 7) is 0.180. The lowest BCUT2D eigenvalue weighted by Crippen LogP contribution is -2.37. The Morgan fingerprint density at radius 1 is 1.16 bits per heavy atom. The number of hydrogen-bond acceptors (Lipinski definition) is 2. The highest BCUT2D eigenvalue weighted by Gasteiger charge is 2.27. The molecular weight excluding hydrogens is 256 g/mol.